The van der Waals surface area contributed by atoms with E-state index in [1.807, 2.05) is 51.1 Å². The molecule has 0 aliphatic rings. The van der Waals surface area contributed by atoms with E-state index in [9.17, 15) is 9.59 Å². The van der Waals surface area contributed by atoms with Crippen LogP contribution in [-0.4, -0.2) is 23.4 Å². The number of fused-ring (bicyclic) bond motifs is 1. The minimum absolute atomic E-state index is 0.0429. The molecule has 1 heterocycles. The normalized spacial score (nSPS) is 10.7. The predicted molar refractivity (Wildman–Crippen MR) is 113 cm³/mol. The standard InChI is InChI=1S/C21H23N3O3S/c1-4-6-19(25)24-21-23-16-10-9-15(11-18(16)28-21)22-20(26)12-27-17-8-5-7-13(2)14(17)3/h5,7-11H,4,6,12H2,1-3H3,(H,22,26)(H,23,24,25). The Morgan fingerprint density at radius 2 is 1.93 bits per heavy atom. The van der Waals surface area contributed by atoms with Crippen LogP contribution < -0.4 is 15.4 Å². The lowest BCUT2D eigenvalue weighted by molar-refractivity contribution is -0.118. The van der Waals surface area contributed by atoms with Crippen molar-refractivity contribution < 1.29 is 14.3 Å². The molecule has 0 unspecified atom stereocenters. The lowest BCUT2D eigenvalue weighted by Crippen LogP contribution is -2.20. The zero-order valence-corrected chi connectivity index (χ0v) is 17.0. The quantitative estimate of drug-likeness (QED) is 0.607. The molecule has 3 rings (SSSR count). The van der Waals surface area contributed by atoms with Gasteiger partial charge in [-0.3, -0.25) is 9.59 Å². The molecular weight excluding hydrogens is 374 g/mol. The number of carbonyl (C=O) groups excluding carboxylic acids is 2. The van der Waals surface area contributed by atoms with E-state index in [-0.39, 0.29) is 18.4 Å². The van der Waals surface area contributed by atoms with E-state index in [1.54, 1.807) is 6.07 Å². The molecule has 2 N–H and O–H groups in total. The highest BCUT2D eigenvalue weighted by Gasteiger charge is 2.10. The number of anilines is 2. The smallest absolute Gasteiger partial charge is 0.262 e. The van der Waals surface area contributed by atoms with Gasteiger partial charge < -0.3 is 15.4 Å². The van der Waals surface area contributed by atoms with E-state index in [1.165, 1.54) is 11.3 Å². The van der Waals surface area contributed by atoms with Crippen LogP contribution in [0.3, 0.4) is 0 Å². The Bertz CT molecular complexity index is 1010. The lowest BCUT2D eigenvalue weighted by Gasteiger charge is -2.11. The number of benzene rings is 2. The van der Waals surface area contributed by atoms with Gasteiger partial charge in [0.05, 0.1) is 10.2 Å². The SMILES string of the molecule is CCCC(=O)Nc1nc2ccc(NC(=O)COc3cccc(C)c3C)cc2s1. The molecule has 0 aliphatic heterocycles. The summed E-state index contributed by atoms with van der Waals surface area (Å²) in [7, 11) is 0. The number of aromatic nitrogens is 1. The summed E-state index contributed by atoms with van der Waals surface area (Å²) in [6, 6.07) is 11.2. The summed E-state index contributed by atoms with van der Waals surface area (Å²) in [6.45, 7) is 5.86. The van der Waals surface area contributed by atoms with Crippen molar-refractivity contribution >= 4 is 44.2 Å². The Hall–Kier alpha value is -2.93. The minimum Gasteiger partial charge on any atom is -0.483 e. The van der Waals surface area contributed by atoms with E-state index in [2.05, 4.69) is 15.6 Å². The predicted octanol–water partition coefficient (Wildman–Crippen LogP) is 4.67. The molecule has 0 bridgehead atoms. The summed E-state index contributed by atoms with van der Waals surface area (Å²) in [5.41, 5.74) is 3.59. The van der Waals surface area contributed by atoms with Crippen LogP contribution in [0.2, 0.25) is 0 Å². The number of hydrogen-bond acceptors (Lipinski definition) is 5. The summed E-state index contributed by atoms with van der Waals surface area (Å²) in [6.07, 6.45) is 1.26. The number of rotatable bonds is 7. The first-order valence-corrected chi connectivity index (χ1v) is 9.97. The van der Waals surface area contributed by atoms with E-state index in [0.29, 0.717) is 23.0 Å². The maximum Gasteiger partial charge on any atom is 0.262 e. The molecule has 0 atom stereocenters. The Morgan fingerprint density at radius 1 is 1.11 bits per heavy atom. The van der Waals surface area contributed by atoms with Gasteiger partial charge in [-0.2, -0.15) is 0 Å². The fourth-order valence-electron chi connectivity index (χ4n) is 2.69. The first-order chi connectivity index (χ1) is 13.5. The summed E-state index contributed by atoms with van der Waals surface area (Å²) in [5, 5.41) is 6.20. The van der Waals surface area contributed by atoms with E-state index in [0.717, 1.165) is 27.8 Å². The van der Waals surface area contributed by atoms with Crippen LogP contribution in [0.15, 0.2) is 36.4 Å². The number of ether oxygens (including phenoxy) is 1. The monoisotopic (exact) mass is 397 g/mol. The molecule has 0 fully saturated rings. The largest absolute Gasteiger partial charge is 0.483 e. The van der Waals surface area contributed by atoms with Crippen molar-refractivity contribution in [1.82, 2.24) is 4.98 Å². The molecule has 0 aliphatic carbocycles. The summed E-state index contributed by atoms with van der Waals surface area (Å²) >= 11 is 1.38. The Kier molecular flexibility index (Phi) is 6.26. The zero-order valence-electron chi connectivity index (χ0n) is 16.2. The van der Waals surface area contributed by atoms with Gasteiger partial charge in [-0.05, 0) is 55.7 Å². The maximum absolute atomic E-state index is 12.2. The van der Waals surface area contributed by atoms with Crippen LogP contribution in [0.4, 0.5) is 10.8 Å². The van der Waals surface area contributed by atoms with Gasteiger partial charge in [0.2, 0.25) is 5.91 Å². The average Bonchev–Trinajstić information content (AvgIpc) is 3.04. The second kappa shape index (κ2) is 8.84. The summed E-state index contributed by atoms with van der Waals surface area (Å²) in [5.74, 6) is 0.431. The molecule has 1 aromatic heterocycles. The molecule has 3 aromatic rings. The molecule has 28 heavy (non-hydrogen) atoms. The van der Waals surface area contributed by atoms with Crippen LogP contribution in [0.5, 0.6) is 5.75 Å². The van der Waals surface area contributed by atoms with Crippen molar-refractivity contribution in [2.75, 3.05) is 17.2 Å². The number of amides is 2. The van der Waals surface area contributed by atoms with E-state index < -0.39 is 0 Å². The van der Waals surface area contributed by atoms with Crippen molar-refractivity contribution in [2.24, 2.45) is 0 Å². The molecule has 6 nitrogen and oxygen atoms in total. The first-order valence-electron chi connectivity index (χ1n) is 9.15. The second-order valence-corrected chi connectivity index (χ2v) is 7.57. The van der Waals surface area contributed by atoms with E-state index in [4.69, 9.17) is 4.74 Å². The fourth-order valence-corrected chi connectivity index (χ4v) is 3.61. The van der Waals surface area contributed by atoms with Gasteiger partial charge >= 0.3 is 0 Å². The van der Waals surface area contributed by atoms with Gasteiger partial charge in [-0.25, -0.2) is 4.98 Å². The van der Waals surface area contributed by atoms with Gasteiger partial charge in [-0.1, -0.05) is 30.4 Å². The average molecular weight is 398 g/mol. The molecule has 0 spiro atoms. The van der Waals surface area contributed by atoms with Crippen molar-refractivity contribution in [3.63, 3.8) is 0 Å². The minimum atomic E-state index is -0.235. The molecule has 2 aromatic carbocycles. The van der Waals surface area contributed by atoms with Crippen molar-refractivity contribution in [3.8, 4) is 5.75 Å². The molecule has 146 valence electrons. The summed E-state index contributed by atoms with van der Waals surface area (Å²) in [4.78, 5) is 28.4. The van der Waals surface area contributed by atoms with Crippen LogP contribution in [-0.2, 0) is 9.59 Å². The van der Waals surface area contributed by atoms with Crippen LogP contribution in [0.1, 0.15) is 30.9 Å². The summed E-state index contributed by atoms with van der Waals surface area (Å²) < 4.78 is 6.53. The third-order valence-corrected chi connectivity index (χ3v) is 5.24. The van der Waals surface area contributed by atoms with Crippen LogP contribution in [0.25, 0.3) is 10.2 Å². The van der Waals surface area contributed by atoms with Crippen molar-refractivity contribution in [2.45, 2.75) is 33.6 Å². The number of aryl methyl sites for hydroxylation is 1. The van der Waals surface area contributed by atoms with Crippen LogP contribution in [0, 0.1) is 13.8 Å². The maximum atomic E-state index is 12.2. The molecule has 7 heteroatoms. The number of nitrogens with one attached hydrogen (secondary N) is 2. The number of hydrogen-bond donors (Lipinski definition) is 2. The lowest BCUT2D eigenvalue weighted by atomic mass is 10.1. The number of thiazole rings is 1. The van der Waals surface area contributed by atoms with E-state index >= 15 is 0 Å². The number of nitrogens with zero attached hydrogens (tertiary/aromatic N) is 1. The van der Waals surface area contributed by atoms with Gasteiger partial charge in [0.15, 0.2) is 11.7 Å². The van der Waals surface area contributed by atoms with Gasteiger partial charge in [0.25, 0.3) is 5.91 Å². The van der Waals surface area contributed by atoms with Gasteiger partial charge in [0.1, 0.15) is 5.75 Å². The third-order valence-electron chi connectivity index (χ3n) is 4.31. The molecule has 0 saturated carbocycles. The zero-order chi connectivity index (χ0) is 20.1. The van der Waals surface area contributed by atoms with Crippen LogP contribution >= 0.6 is 11.3 Å². The second-order valence-electron chi connectivity index (χ2n) is 6.53. The van der Waals surface area contributed by atoms with Gasteiger partial charge in [0, 0.05) is 12.1 Å². The molecule has 0 radical (unpaired) electrons. The van der Waals surface area contributed by atoms with Crippen molar-refractivity contribution in [1.29, 1.82) is 0 Å². The highest BCUT2D eigenvalue weighted by molar-refractivity contribution is 7.22. The van der Waals surface area contributed by atoms with Crippen molar-refractivity contribution in [3.05, 3.63) is 47.5 Å². The Balaban J connectivity index is 1.62. The Labute approximate surface area is 167 Å². The number of carbonyl (C=O) groups is 2. The fraction of sp³-hybridized carbons (Fsp3) is 0.286. The molecular formula is C21H23N3O3S. The first kappa shape index (κ1) is 19.8. The molecule has 0 saturated heterocycles. The highest BCUT2D eigenvalue weighted by Crippen LogP contribution is 2.28. The highest BCUT2D eigenvalue weighted by atomic mass is 32.1. The van der Waals surface area contributed by atoms with Gasteiger partial charge in [-0.15, -0.1) is 0 Å². The molecule has 2 amide bonds. The third kappa shape index (κ3) is 4.86. The Morgan fingerprint density at radius 3 is 2.71 bits per heavy atom. The topological polar surface area (TPSA) is 80.3 Å².